The van der Waals surface area contributed by atoms with E-state index in [4.69, 9.17) is 15.2 Å². The summed E-state index contributed by atoms with van der Waals surface area (Å²) in [6, 6.07) is 12.8. The molecule has 0 aromatic heterocycles. The first kappa shape index (κ1) is 19.3. The summed E-state index contributed by atoms with van der Waals surface area (Å²) in [6.07, 6.45) is 1.88. The van der Waals surface area contributed by atoms with Crippen LogP contribution < -0.4 is 15.2 Å². The zero-order valence-electron chi connectivity index (χ0n) is 16.0. The zero-order valence-corrected chi connectivity index (χ0v) is 16.0. The Kier molecular flexibility index (Phi) is 7.32. The first-order valence-electron chi connectivity index (χ1n) is 9.24. The van der Waals surface area contributed by atoms with Crippen LogP contribution in [0.5, 0.6) is 11.5 Å². The second kappa shape index (κ2) is 9.47. The van der Waals surface area contributed by atoms with E-state index in [0.717, 1.165) is 24.3 Å². The van der Waals surface area contributed by atoms with Gasteiger partial charge in [-0.25, -0.2) is 0 Å². The highest BCUT2D eigenvalue weighted by Crippen LogP contribution is 2.31. The van der Waals surface area contributed by atoms with E-state index in [2.05, 4.69) is 51.1 Å². The summed E-state index contributed by atoms with van der Waals surface area (Å²) in [4.78, 5) is 0. The van der Waals surface area contributed by atoms with Crippen molar-refractivity contribution in [2.24, 2.45) is 5.73 Å². The molecule has 3 nitrogen and oxygen atoms in total. The van der Waals surface area contributed by atoms with Gasteiger partial charge in [0.15, 0.2) is 11.5 Å². The number of nitrogens with two attached hydrogens (primary N) is 1. The normalized spacial score (nSPS) is 12.0. The molecule has 2 aromatic carbocycles. The Hall–Kier alpha value is -2.00. The first-order valence-corrected chi connectivity index (χ1v) is 9.24. The maximum atomic E-state index is 6.11. The van der Waals surface area contributed by atoms with Gasteiger partial charge in [-0.3, -0.25) is 0 Å². The minimum absolute atomic E-state index is 0.303. The number of benzene rings is 2. The summed E-state index contributed by atoms with van der Waals surface area (Å²) in [5.41, 5.74) is 11.2. The Morgan fingerprint density at radius 3 is 2.44 bits per heavy atom. The molecule has 1 atom stereocenters. The molecule has 0 heterocycles. The van der Waals surface area contributed by atoms with Crippen molar-refractivity contribution < 1.29 is 9.47 Å². The van der Waals surface area contributed by atoms with Crippen molar-refractivity contribution in [1.29, 1.82) is 0 Å². The summed E-state index contributed by atoms with van der Waals surface area (Å²) in [7, 11) is 0. The van der Waals surface area contributed by atoms with Crippen LogP contribution >= 0.6 is 0 Å². The van der Waals surface area contributed by atoms with Gasteiger partial charge in [0.2, 0.25) is 0 Å². The molecule has 1 unspecified atom stereocenters. The van der Waals surface area contributed by atoms with Gasteiger partial charge >= 0.3 is 0 Å². The fourth-order valence-corrected chi connectivity index (χ4v) is 3.08. The topological polar surface area (TPSA) is 44.5 Å². The van der Waals surface area contributed by atoms with E-state index in [1.54, 1.807) is 0 Å². The highest BCUT2D eigenvalue weighted by Gasteiger charge is 2.15. The second-order valence-electron chi connectivity index (χ2n) is 6.56. The van der Waals surface area contributed by atoms with Gasteiger partial charge in [0, 0.05) is 5.92 Å². The maximum Gasteiger partial charge on any atom is 0.161 e. The summed E-state index contributed by atoms with van der Waals surface area (Å²) in [5, 5.41) is 0. The van der Waals surface area contributed by atoms with Crippen molar-refractivity contribution >= 4 is 0 Å². The van der Waals surface area contributed by atoms with Crippen molar-refractivity contribution in [2.75, 3.05) is 19.8 Å². The lowest BCUT2D eigenvalue weighted by Crippen LogP contribution is -2.16. The van der Waals surface area contributed by atoms with Crippen LogP contribution in [0.1, 0.15) is 48.4 Å². The molecule has 0 aliphatic rings. The van der Waals surface area contributed by atoms with Crippen LogP contribution in [0.25, 0.3) is 0 Å². The molecule has 136 valence electrons. The van der Waals surface area contributed by atoms with Gasteiger partial charge in [0.05, 0.1) is 13.2 Å². The quantitative estimate of drug-likeness (QED) is 0.714. The fraction of sp³-hybridized carbons (Fsp3) is 0.455. The Morgan fingerprint density at radius 2 is 1.76 bits per heavy atom. The molecular weight excluding hydrogens is 310 g/mol. The average Bonchev–Trinajstić information content (AvgIpc) is 2.61. The van der Waals surface area contributed by atoms with E-state index in [1.165, 1.54) is 22.3 Å². The Labute approximate surface area is 152 Å². The van der Waals surface area contributed by atoms with Gasteiger partial charge in [-0.05, 0) is 69.0 Å². The van der Waals surface area contributed by atoms with Crippen molar-refractivity contribution in [3.05, 3.63) is 58.7 Å². The second-order valence-corrected chi connectivity index (χ2v) is 6.56. The molecule has 0 bridgehead atoms. The summed E-state index contributed by atoms with van der Waals surface area (Å²) in [6.45, 7) is 10.3. The zero-order chi connectivity index (χ0) is 18.2. The van der Waals surface area contributed by atoms with E-state index in [9.17, 15) is 0 Å². The van der Waals surface area contributed by atoms with Crippen LogP contribution in [-0.2, 0) is 6.42 Å². The summed E-state index contributed by atoms with van der Waals surface area (Å²) < 4.78 is 11.6. The molecule has 0 fully saturated rings. The minimum Gasteiger partial charge on any atom is -0.490 e. The summed E-state index contributed by atoms with van der Waals surface area (Å²) >= 11 is 0. The van der Waals surface area contributed by atoms with Crippen molar-refractivity contribution in [2.45, 2.75) is 46.5 Å². The van der Waals surface area contributed by atoms with E-state index >= 15 is 0 Å². The minimum atomic E-state index is 0.303. The highest BCUT2D eigenvalue weighted by molar-refractivity contribution is 5.44. The number of aryl methyl sites for hydroxylation is 2. The standard InChI is InChI=1S/C22H31NO2/c1-5-11-25-21-10-9-18(14-22(21)24-6-2)13-19(15-23)20-12-16(3)7-8-17(20)4/h7-10,12,14,19H,5-6,11,13,15,23H2,1-4H3. The number of hydrogen-bond donors (Lipinski definition) is 1. The lowest BCUT2D eigenvalue weighted by molar-refractivity contribution is 0.276. The van der Waals surface area contributed by atoms with Gasteiger partial charge in [-0.2, -0.15) is 0 Å². The third-order valence-electron chi connectivity index (χ3n) is 4.41. The smallest absolute Gasteiger partial charge is 0.161 e. The molecule has 2 aromatic rings. The molecule has 0 radical (unpaired) electrons. The van der Waals surface area contributed by atoms with E-state index in [1.807, 2.05) is 13.0 Å². The SMILES string of the molecule is CCCOc1ccc(CC(CN)c2cc(C)ccc2C)cc1OCC. The molecule has 0 spiro atoms. The van der Waals surface area contributed by atoms with Gasteiger partial charge < -0.3 is 15.2 Å². The van der Waals surface area contributed by atoms with E-state index in [-0.39, 0.29) is 0 Å². The summed E-state index contributed by atoms with van der Waals surface area (Å²) in [5.74, 6) is 1.95. The molecule has 25 heavy (non-hydrogen) atoms. The maximum absolute atomic E-state index is 6.11. The van der Waals surface area contributed by atoms with Crippen LogP contribution in [0.3, 0.4) is 0 Å². The average molecular weight is 341 g/mol. The Balaban J connectivity index is 2.24. The number of rotatable bonds is 9. The fourth-order valence-electron chi connectivity index (χ4n) is 3.08. The lowest BCUT2D eigenvalue weighted by Gasteiger charge is -2.20. The van der Waals surface area contributed by atoms with Crippen molar-refractivity contribution in [1.82, 2.24) is 0 Å². The van der Waals surface area contributed by atoms with Gasteiger partial charge in [-0.15, -0.1) is 0 Å². The van der Waals surface area contributed by atoms with Crippen molar-refractivity contribution in [3.8, 4) is 11.5 Å². The predicted octanol–water partition coefficient (Wildman–Crippen LogP) is 4.78. The molecule has 2 N–H and O–H groups in total. The first-order chi connectivity index (χ1) is 12.1. The van der Waals surface area contributed by atoms with Crippen molar-refractivity contribution in [3.63, 3.8) is 0 Å². The Bertz CT molecular complexity index is 682. The highest BCUT2D eigenvalue weighted by atomic mass is 16.5. The Morgan fingerprint density at radius 1 is 0.960 bits per heavy atom. The largest absolute Gasteiger partial charge is 0.490 e. The van der Waals surface area contributed by atoms with Crippen LogP contribution in [0, 0.1) is 13.8 Å². The molecule has 0 saturated heterocycles. The van der Waals surface area contributed by atoms with E-state index < -0.39 is 0 Å². The molecule has 3 heteroatoms. The van der Waals surface area contributed by atoms with Gasteiger partial charge in [-0.1, -0.05) is 36.8 Å². The molecule has 0 saturated carbocycles. The van der Waals surface area contributed by atoms with Gasteiger partial charge in [0.25, 0.3) is 0 Å². The molecule has 2 rings (SSSR count). The van der Waals surface area contributed by atoms with Crippen LogP contribution in [0.2, 0.25) is 0 Å². The van der Waals surface area contributed by atoms with Gasteiger partial charge in [0.1, 0.15) is 0 Å². The monoisotopic (exact) mass is 341 g/mol. The van der Waals surface area contributed by atoms with Crippen LogP contribution in [-0.4, -0.2) is 19.8 Å². The van der Waals surface area contributed by atoms with Crippen LogP contribution in [0.4, 0.5) is 0 Å². The third-order valence-corrected chi connectivity index (χ3v) is 4.41. The van der Waals surface area contributed by atoms with E-state index in [0.29, 0.717) is 25.7 Å². The molecule has 0 aliphatic heterocycles. The predicted molar refractivity (Wildman–Crippen MR) is 105 cm³/mol. The lowest BCUT2D eigenvalue weighted by atomic mass is 9.88. The molecule has 0 amide bonds. The number of ether oxygens (including phenoxy) is 2. The molecular formula is C22H31NO2. The third kappa shape index (κ3) is 5.23. The number of hydrogen-bond acceptors (Lipinski definition) is 3. The van der Waals surface area contributed by atoms with Crippen LogP contribution in [0.15, 0.2) is 36.4 Å². The molecule has 0 aliphatic carbocycles.